The van der Waals surface area contributed by atoms with Gasteiger partial charge in [0.25, 0.3) is 5.56 Å². The number of aryl methyl sites for hydroxylation is 1. The number of nitrogens with zero attached hydrogens (tertiary/aromatic N) is 1. The zero-order valence-corrected chi connectivity index (χ0v) is 12.1. The molecule has 0 atom stereocenters. The van der Waals surface area contributed by atoms with Crippen molar-refractivity contribution in [1.29, 1.82) is 0 Å². The molecule has 104 valence electrons. The molecule has 1 aromatic carbocycles. The highest BCUT2D eigenvalue weighted by atomic mass is 79.9. The number of hydrogen-bond donors (Lipinski definition) is 1. The van der Waals surface area contributed by atoms with E-state index in [0.717, 1.165) is 6.07 Å². The van der Waals surface area contributed by atoms with E-state index < -0.39 is 11.8 Å². The number of aromatic carboxylic acids is 1. The Morgan fingerprint density at radius 3 is 2.75 bits per heavy atom. The molecule has 0 fully saturated rings. The number of carboxylic acids is 1. The van der Waals surface area contributed by atoms with Gasteiger partial charge in [-0.3, -0.25) is 4.79 Å². The monoisotopic (exact) mass is 339 g/mol. The van der Waals surface area contributed by atoms with Crippen LogP contribution in [0.2, 0.25) is 0 Å². The van der Waals surface area contributed by atoms with E-state index in [1.807, 2.05) is 0 Å². The zero-order valence-electron chi connectivity index (χ0n) is 10.6. The second-order valence-corrected chi connectivity index (χ2v) is 5.30. The molecule has 0 saturated heterocycles. The van der Waals surface area contributed by atoms with Crippen molar-refractivity contribution in [3.05, 3.63) is 67.8 Å². The molecule has 0 aliphatic heterocycles. The van der Waals surface area contributed by atoms with Crippen molar-refractivity contribution < 1.29 is 14.3 Å². The van der Waals surface area contributed by atoms with Crippen molar-refractivity contribution in [3.8, 4) is 0 Å². The molecule has 2 rings (SSSR count). The lowest BCUT2D eigenvalue weighted by molar-refractivity contribution is 0.0696. The first kappa shape index (κ1) is 14.5. The number of carboxylic acid groups (broad SMARTS) is 1. The molecule has 0 aliphatic carbocycles. The van der Waals surface area contributed by atoms with Gasteiger partial charge >= 0.3 is 5.97 Å². The Kier molecular flexibility index (Phi) is 4.04. The smallest absolute Gasteiger partial charge is 0.335 e. The van der Waals surface area contributed by atoms with Crippen LogP contribution < -0.4 is 5.56 Å². The Morgan fingerprint density at radius 1 is 1.40 bits per heavy atom. The van der Waals surface area contributed by atoms with Crippen LogP contribution in [0.1, 0.15) is 21.5 Å². The van der Waals surface area contributed by atoms with Crippen LogP contribution in [-0.4, -0.2) is 15.6 Å². The molecule has 1 N–H and O–H groups in total. The predicted octanol–water partition coefficient (Wildman–Crippen LogP) is 2.80. The largest absolute Gasteiger partial charge is 0.478 e. The van der Waals surface area contributed by atoms with Gasteiger partial charge in [0.1, 0.15) is 5.82 Å². The summed E-state index contributed by atoms with van der Waals surface area (Å²) in [4.78, 5) is 22.9. The molecule has 6 heteroatoms. The molecule has 20 heavy (non-hydrogen) atoms. The van der Waals surface area contributed by atoms with Crippen molar-refractivity contribution in [2.45, 2.75) is 13.5 Å². The predicted molar refractivity (Wildman–Crippen MR) is 75.6 cm³/mol. The molecule has 1 heterocycles. The van der Waals surface area contributed by atoms with Gasteiger partial charge in [-0.2, -0.15) is 0 Å². The number of pyridine rings is 1. The normalized spacial score (nSPS) is 10.6. The number of rotatable bonds is 3. The van der Waals surface area contributed by atoms with E-state index in [9.17, 15) is 14.0 Å². The maximum absolute atomic E-state index is 13.7. The van der Waals surface area contributed by atoms with Crippen LogP contribution >= 0.6 is 15.9 Å². The summed E-state index contributed by atoms with van der Waals surface area (Å²) in [7, 11) is 0. The van der Waals surface area contributed by atoms with Crippen LogP contribution in [0.3, 0.4) is 0 Å². The fraction of sp³-hybridized carbons (Fsp3) is 0.143. The molecule has 0 aliphatic rings. The van der Waals surface area contributed by atoms with Gasteiger partial charge in [-0.1, -0.05) is 0 Å². The first-order chi connectivity index (χ1) is 9.38. The highest BCUT2D eigenvalue weighted by molar-refractivity contribution is 9.10. The summed E-state index contributed by atoms with van der Waals surface area (Å²) in [5.41, 5.74) is 0.424. The summed E-state index contributed by atoms with van der Waals surface area (Å²) in [6, 6.07) is 5.19. The molecule has 0 unspecified atom stereocenters. The summed E-state index contributed by atoms with van der Waals surface area (Å²) in [6.07, 6.45) is 1.54. The van der Waals surface area contributed by atoms with E-state index in [2.05, 4.69) is 15.9 Å². The molecule has 0 amide bonds. The van der Waals surface area contributed by atoms with Crippen LogP contribution in [0.5, 0.6) is 0 Å². The van der Waals surface area contributed by atoms with Gasteiger partial charge in [0, 0.05) is 21.8 Å². The molecule has 0 bridgehead atoms. The Morgan fingerprint density at radius 2 is 2.10 bits per heavy atom. The third-order valence-electron chi connectivity index (χ3n) is 2.87. The summed E-state index contributed by atoms with van der Waals surface area (Å²) >= 11 is 3.27. The molecule has 0 saturated carbocycles. The van der Waals surface area contributed by atoms with Gasteiger partial charge in [-0.25, -0.2) is 9.18 Å². The van der Waals surface area contributed by atoms with Crippen LogP contribution in [0.25, 0.3) is 0 Å². The van der Waals surface area contributed by atoms with Crippen LogP contribution in [0.15, 0.2) is 39.7 Å². The average molecular weight is 340 g/mol. The zero-order chi connectivity index (χ0) is 14.9. The van der Waals surface area contributed by atoms with E-state index in [0.29, 0.717) is 10.0 Å². The van der Waals surface area contributed by atoms with Gasteiger partial charge in [0.2, 0.25) is 0 Å². The molecular weight excluding hydrogens is 329 g/mol. The topological polar surface area (TPSA) is 59.3 Å². The average Bonchev–Trinajstić information content (AvgIpc) is 2.37. The SMILES string of the molecule is Cc1cc(Br)cn(Cc2cc(C(=O)O)ccc2F)c1=O. The summed E-state index contributed by atoms with van der Waals surface area (Å²) in [5.74, 6) is -1.68. The summed E-state index contributed by atoms with van der Waals surface area (Å²) in [5, 5.41) is 8.91. The molecule has 0 spiro atoms. The van der Waals surface area contributed by atoms with Gasteiger partial charge in [0.05, 0.1) is 12.1 Å². The quantitative estimate of drug-likeness (QED) is 0.935. The fourth-order valence-corrected chi connectivity index (χ4v) is 2.46. The molecular formula is C14H11BrFNO3. The number of aromatic nitrogens is 1. The Labute approximate surface area is 122 Å². The third-order valence-corrected chi connectivity index (χ3v) is 3.30. The summed E-state index contributed by atoms with van der Waals surface area (Å²) < 4.78 is 15.8. The maximum Gasteiger partial charge on any atom is 0.335 e. The van der Waals surface area contributed by atoms with E-state index in [4.69, 9.17) is 5.11 Å². The Bertz CT molecular complexity index is 740. The molecule has 1 aromatic heterocycles. The highest BCUT2D eigenvalue weighted by Crippen LogP contribution is 2.14. The first-order valence-corrected chi connectivity index (χ1v) is 6.56. The molecule has 4 nitrogen and oxygen atoms in total. The second kappa shape index (κ2) is 5.58. The van der Waals surface area contributed by atoms with Crippen molar-refractivity contribution in [2.75, 3.05) is 0 Å². The van der Waals surface area contributed by atoms with Gasteiger partial charge in [-0.05, 0) is 47.1 Å². The lowest BCUT2D eigenvalue weighted by atomic mass is 10.1. The molecule has 2 aromatic rings. The van der Waals surface area contributed by atoms with Crippen molar-refractivity contribution in [2.24, 2.45) is 0 Å². The number of carbonyl (C=O) groups is 1. The second-order valence-electron chi connectivity index (χ2n) is 4.39. The maximum atomic E-state index is 13.7. The highest BCUT2D eigenvalue weighted by Gasteiger charge is 2.10. The van der Waals surface area contributed by atoms with Crippen molar-refractivity contribution >= 4 is 21.9 Å². The van der Waals surface area contributed by atoms with Crippen LogP contribution in [0.4, 0.5) is 4.39 Å². The van der Waals surface area contributed by atoms with E-state index >= 15 is 0 Å². The minimum Gasteiger partial charge on any atom is -0.478 e. The van der Waals surface area contributed by atoms with E-state index in [1.54, 1.807) is 19.2 Å². The lowest BCUT2D eigenvalue weighted by Crippen LogP contribution is -2.22. The van der Waals surface area contributed by atoms with E-state index in [-0.39, 0.29) is 23.2 Å². The minimum absolute atomic E-state index is 0.0128. The first-order valence-electron chi connectivity index (χ1n) is 5.77. The minimum atomic E-state index is -1.14. The van der Waals surface area contributed by atoms with Crippen LogP contribution in [-0.2, 0) is 6.54 Å². The number of hydrogen-bond acceptors (Lipinski definition) is 2. The Hall–Kier alpha value is -1.95. The number of benzene rings is 1. The lowest BCUT2D eigenvalue weighted by Gasteiger charge is -2.09. The van der Waals surface area contributed by atoms with Gasteiger partial charge in [-0.15, -0.1) is 0 Å². The summed E-state index contributed by atoms with van der Waals surface area (Å²) in [6.45, 7) is 1.64. The van der Waals surface area contributed by atoms with E-state index in [1.165, 1.54) is 16.7 Å². The van der Waals surface area contributed by atoms with Crippen molar-refractivity contribution in [3.63, 3.8) is 0 Å². The standard InChI is InChI=1S/C14H11BrFNO3/c1-8-4-11(15)7-17(13(8)18)6-10-5-9(14(19)20)2-3-12(10)16/h2-5,7H,6H2,1H3,(H,19,20). The Balaban J connectivity index is 2.47. The molecule has 0 radical (unpaired) electrons. The third kappa shape index (κ3) is 2.96. The van der Waals surface area contributed by atoms with Gasteiger partial charge < -0.3 is 9.67 Å². The number of halogens is 2. The van der Waals surface area contributed by atoms with Crippen LogP contribution in [0, 0.1) is 12.7 Å². The van der Waals surface area contributed by atoms with Gasteiger partial charge in [0.15, 0.2) is 0 Å². The van der Waals surface area contributed by atoms with Crippen molar-refractivity contribution in [1.82, 2.24) is 4.57 Å². The fourth-order valence-electron chi connectivity index (χ4n) is 1.87.